The summed E-state index contributed by atoms with van der Waals surface area (Å²) in [7, 11) is 1.61. The van der Waals surface area contributed by atoms with Gasteiger partial charge in [-0.1, -0.05) is 18.2 Å². The molecule has 0 aliphatic carbocycles. The van der Waals surface area contributed by atoms with Crippen LogP contribution in [-0.4, -0.2) is 52.4 Å². The smallest absolute Gasteiger partial charge is 0.252 e. The van der Waals surface area contributed by atoms with Crippen molar-refractivity contribution in [3.05, 3.63) is 77.7 Å². The highest BCUT2D eigenvalue weighted by atomic mass is 16.5. The fourth-order valence-electron chi connectivity index (χ4n) is 4.11. The molecule has 1 saturated heterocycles. The second-order valence-electron chi connectivity index (χ2n) is 9.17. The lowest BCUT2D eigenvalue weighted by Gasteiger charge is -2.30. The molecule has 0 bridgehead atoms. The fourth-order valence-corrected chi connectivity index (χ4v) is 4.11. The number of hydrogen-bond donors (Lipinski definition) is 1. The summed E-state index contributed by atoms with van der Waals surface area (Å²) in [5.41, 5.74) is 0.265. The Kier molecular flexibility index (Phi) is 7.00. The number of likely N-dealkylation sites (tertiary alicyclic amines) is 1. The number of nitrogens with one attached hydrogen (secondary N) is 1. The Morgan fingerprint density at radius 2 is 1.71 bits per heavy atom. The summed E-state index contributed by atoms with van der Waals surface area (Å²) in [5.74, 6) is 2.07. The molecule has 1 aliphatic rings. The van der Waals surface area contributed by atoms with E-state index in [0.717, 1.165) is 17.9 Å². The molecule has 0 spiro atoms. The highest BCUT2D eigenvalue weighted by Gasteiger charge is 2.38. The minimum Gasteiger partial charge on any atom is -0.497 e. The SMILES string of the molecule is COc1ccc(Oc2cc(C)nc([C@@H]3CCN(C(=O)C(C)(C)NC(=O)c4ccccc4)C3)n2)cc1. The van der Waals surface area contributed by atoms with Crippen LogP contribution in [0.25, 0.3) is 0 Å². The Bertz CT molecular complexity index is 1200. The third-order valence-corrected chi connectivity index (χ3v) is 5.97. The lowest BCUT2D eigenvalue weighted by atomic mass is 10.0. The minimum absolute atomic E-state index is 0.0160. The largest absolute Gasteiger partial charge is 0.497 e. The summed E-state index contributed by atoms with van der Waals surface area (Å²) in [6.07, 6.45) is 0.736. The highest BCUT2D eigenvalue weighted by Crippen LogP contribution is 2.29. The van der Waals surface area contributed by atoms with Gasteiger partial charge in [0.2, 0.25) is 11.8 Å². The van der Waals surface area contributed by atoms with Crippen molar-refractivity contribution >= 4 is 11.8 Å². The van der Waals surface area contributed by atoms with E-state index >= 15 is 0 Å². The number of nitrogens with zero attached hydrogens (tertiary/aromatic N) is 3. The predicted octanol–water partition coefficient (Wildman–Crippen LogP) is 4.11. The van der Waals surface area contributed by atoms with E-state index in [1.54, 1.807) is 56.2 Å². The van der Waals surface area contributed by atoms with Gasteiger partial charge in [0, 0.05) is 36.3 Å². The number of hydrogen-bond acceptors (Lipinski definition) is 6. The van der Waals surface area contributed by atoms with Gasteiger partial charge in [0.25, 0.3) is 5.91 Å². The number of ether oxygens (including phenoxy) is 2. The van der Waals surface area contributed by atoms with E-state index < -0.39 is 5.54 Å². The maximum absolute atomic E-state index is 13.3. The van der Waals surface area contributed by atoms with Crippen molar-refractivity contribution in [1.29, 1.82) is 0 Å². The molecular formula is C27H30N4O4. The van der Waals surface area contributed by atoms with Gasteiger partial charge in [0.05, 0.1) is 7.11 Å². The normalized spacial score (nSPS) is 15.5. The zero-order valence-electron chi connectivity index (χ0n) is 20.4. The van der Waals surface area contributed by atoms with Gasteiger partial charge in [-0.2, -0.15) is 4.98 Å². The summed E-state index contributed by atoms with van der Waals surface area (Å²) >= 11 is 0. The lowest BCUT2D eigenvalue weighted by Crippen LogP contribution is -2.55. The van der Waals surface area contributed by atoms with E-state index in [1.807, 2.05) is 37.3 Å². The second-order valence-corrected chi connectivity index (χ2v) is 9.17. The first-order chi connectivity index (χ1) is 16.7. The zero-order valence-corrected chi connectivity index (χ0v) is 20.4. The van der Waals surface area contributed by atoms with E-state index in [2.05, 4.69) is 15.3 Å². The molecule has 2 heterocycles. The quantitative estimate of drug-likeness (QED) is 0.554. The van der Waals surface area contributed by atoms with Crippen LogP contribution in [0.4, 0.5) is 0 Å². The monoisotopic (exact) mass is 474 g/mol. The Morgan fingerprint density at radius 3 is 2.40 bits per heavy atom. The van der Waals surface area contributed by atoms with Crippen LogP contribution in [0.5, 0.6) is 17.4 Å². The summed E-state index contributed by atoms with van der Waals surface area (Å²) < 4.78 is 11.1. The van der Waals surface area contributed by atoms with E-state index in [4.69, 9.17) is 9.47 Å². The summed E-state index contributed by atoms with van der Waals surface area (Å²) in [4.78, 5) is 36.9. The van der Waals surface area contributed by atoms with Gasteiger partial charge in [-0.25, -0.2) is 4.98 Å². The van der Waals surface area contributed by atoms with E-state index in [0.29, 0.717) is 36.1 Å². The number of rotatable bonds is 7. The van der Waals surface area contributed by atoms with E-state index in [-0.39, 0.29) is 17.7 Å². The van der Waals surface area contributed by atoms with Crippen LogP contribution in [0.2, 0.25) is 0 Å². The zero-order chi connectivity index (χ0) is 25.0. The van der Waals surface area contributed by atoms with Gasteiger partial charge in [0.15, 0.2) is 0 Å². The number of amides is 2. The Morgan fingerprint density at radius 1 is 1.03 bits per heavy atom. The Hall–Kier alpha value is -3.94. The number of carbonyl (C=O) groups excluding carboxylic acids is 2. The molecule has 0 radical (unpaired) electrons. The average Bonchev–Trinajstić information content (AvgIpc) is 3.34. The number of methoxy groups -OCH3 is 1. The molecule has 4 rings (SSSR count). The van der Waals surface area contributed by atoms with Gasteiger partial charge < -0.3 is 19.7 Å². The summed E-state index contributed by atoms with van der Waals surface area (Å²) in [6.45, 7) is 6.40. The Labute approximate surface area is 205 Å². The lowest BCUT2D eigenvalue weighted by molar-refractivity contribution is -0.135. The first-order valence-electron chi connectivity index (χ1n) is 11.6. The van der Waals surface area contributed by atoms with Crippen LogP contribution < -0.4 is 14.8 Å². The predicted molar refractivity (Wildman–Crippen MR) is 132 cm³/mol. The molecule has 0 unspecified atom stereocenters. The minimum atomic E-state index is -1.04. The van der Waals surface area contributed by atoms with E-state index in [1.165, 1.54) is 0 Å². The molecule has 35 heavy (non-hydrogen) atoms. The van der Waals surface area contributed by atoms with Crippen molar-refractivity contribution in [2.75, 3.05) is 20.2 Å². The number of aryl methyl sites for hydroxylation is 1. The third-order valence-electron chi connectivity index (χ3n) is 5.97. The van der Waals surface area contributed by atoms with E-state index in [9.17, 15) is 9.59 Å². The number of benzene rings is 2. The maximum Gasteiger partial charge on any atom is 0.252 e. The van der Waals surface area contributed by atoms with Crippen molar-refractivity contribution in [3.8, 4) is 17.4 Å². The topological polar surface area (TPSA) is 93.7 Å². The van der Waals surface area contributed by atoms with Crippen molar-refractivity contribution in [3.63, 3.8) is 0 Å². The van der Waals surface area contributed by atoms with Crippen molar-refractivity contribution in [2.24, 2.45) is 0 Å². The van der Waals surface area contributed by atoms with Gasteiger partial charge in [0.1, 0.15) is 22.9 Å². The molecule has 182 valence electrons. The first kappa shape index (κ1) is 24.2. The number of carbonyl (C=O) groups is 2. The molecule has 8 heteroatoms. The maximum atomic E-state index is 13.3. The molecule has 1 aliphatic heterocycles. The molecular weight excluding hydrogens is 444 g/mol. The molecule has 1 atom stereocenters. The Balaban J connectivity index is 1.42. The fraction of sp³-hybridized carbons (Fsp3) is 0.333. The molecule has 1 fully saturated rings. The molecule has 8 nitrogen and oxygen atoms in total. The second kappa shape index (κ2) is 10.1. The van der Waals surface area contributed by atoms with Crippen LogP contribution in [-0.2, 0) is 4.79 Å². The first-order valence-corrected chi connectivity index (χ1v) is 11.6. The van der Waals surface area contributed by atoms with Crippen molar-refractivity contribution in [2.45, 2.75) is 38.6 Å². The van der Waals surface area contributed by atoms with Crippen LogP contribution in [0.15, 0.2) is 60.7 Å². The van der Waals surface area contributed by atoms with Crippen molar-refractivity contribution in [1.82, 2.24) is 20.2 Å². The van der Waals surface area contributed by atoms with Gasteiger partial charge in [-0.05, 0) is 63.6 Å². The molecule has 2 amide bonds. The summed E-state index contributed by atoms with van der Waals surface area (Å²) in [6, 6.07) is 17.9. The average molecular weight is 475 g/mol. The van der Waals surface area contributed by atoms with Crippen LogP contribution in [0, 0.1) is 6.92 Å². The molecule has 1 N–H and O–H groups in total. The number of aromatic nitrogens is 2. The van der Waals surface area contributed by atoms with Crippen LogP contribution in [0.3, 0.4) is 0 Å². The van der Waals surface area contributed by atoms with Crippen LogP contribution in [0.1, 0.15) is 48.1 Å². The molecule has 0 saturated carbocycles. The molecule has 2 aromatic carbocycles. The van der Waals surface area contributed by atoms with Gasteiger partial charge in [-0.15, -0.1) is 0 Å². The van der Waals surface area contributed by atoms with Crippen molar-refractivity contribution < 1.29 is 19.1 Å². The van der Waals surface area contributed by atoms with Gasteiger partial charge in [-0.3, -0.25) is 9.59 Å². The highest BCUT2D eigenvalue weighted by molar-refractivity contribution is 5.99. The molecule has 1 aromatic heterocycles. The summed E-state index contributed by atoms with van der Waals surface area (Å²) in [5, 5.41) is 2.87. The standard InChI is InChI=1S/C27H30N4O4/c1-18-16-23(35-22-12-10-21(34-4)11-13-22)29-24(28-18)20-14-15-31(17-20)26(33)27(2,3)30-25(32)19-8-6-5-7-9-19/h5-13,16,20H,14-15,17H2,1-4H3,(H,30,32)/t20-/m1/s1. The third kappa shape index (κ3) is 5.77. The molecule has 3 aromatic rings. The van der Waals surface area contributed by atoms with Crippen LogP contribution >= 0.6 is 0 Å². The van der Waals surface area contributed by atoms with Gasteiger partial charge >= 0.3 is 0 Å².